The molecule has 3 saturated heterocycles. The first kappa shape index (κ1) is 43.5. The van der Waals surface area contributed by atoms with Gasteiger partial charge >= 0.3 is 11.9 Å². The van der Waals surface area contributed by atoms with Gasteiger partial charge in [0.05, 0.1) is 25.3 Å². The van der Waals surface area contributed by atoms with Crippen molar-refractivity contribution in [3.63, 3.8) is 0 Å². The summed E-state index contributed by atoms with van der Waals surface area (Å²) in [5, 5.41) is 38.2. The fourth-order valence-electron chi connectivity index (χ4n) is 9.61. The predicted octanol–water partition coefficient (Wildman–Crippen LogP) is 3.19. The summed E-state index contributed by atoms with van der Waals surface area (Å²) in [6, 6.07) is 19.0. The average molecular weight is 854 g/mol. The van der Waals surface area contributed by atoms with Crippen molar-refractivity contribution in [3.05, 3.63) is 107 Å². The molecule has 9 atom stereocenters. The molecule has 3 aromatic carbocycles. The molecule has 1 spiro atoms. The molecule has 0 aromatic heterocycles. The number of para-hydroxylation sites is 1. The molecule has 2 amide bonds. The monoisotopic (exact) mass is 853 g/mol. The largest absolute Gasteiger partial charge is 0.508 e. The molecule has 0 radical (unpaired) electrons. The number of nitrogens with zero attached hydrogens (tertiary/aromatic N) is 1. The van der Waals surface area contributed by atoms with E-state index < -0.39 is 95.8 Å². The van der Waals surface area contributed by atoms with Crippen LogP contribution in [0.5, 0.6) is 5.75 Å². The Balaban J connectivity index is 1.06. The number of aliphatic hydroxyl groups excluding tert-OH is 2. The number of rotatable bonds is 14. The molecule has 3 heterocycles. The highest BCUT2D eigenvalue weighted by Gasteiger charge is 2.76. The van der Waals surface area contributed by atoms with E-state index in [4.69, 9.17) is 23.8 Å². The van der Waals surface area contributed by atoms with Crippen LogP contribution >= 0.6 is 0 Å². The van der Waals surface area contributed by atoms with Crippen molar-refractivity contribution in [1.29, 1.82) is 0 Å². The third-order valence-corrected chi connectivity index (χ3v) is 12.4. The van der Waals surface area contributed by atoms with Gasteiger partial charge in [-0.25, -0.2) is 0 Å². The van der Waals surface area contributed by atoms with Crippen LogP contribution in [0.25, 0.3) is 6.08 Å². The van der Waals surface area contributed by atoms with Crippen LogP contribution in [0.2, 0.25) is 0 Å². The molecule has 15 nitrogen and oxygen atoms in total. The number of esters is 2. The van der Waals surface area contributed by atoms with Gasteiger partial charge in [0.25, 0.3) is 0 Å². The normalized spacial score (nSPS) is 27.3. The van der Waals surface area contributed by atoms with Gasteiger partial charge in [0.2, 0.25) is 11.8 Å². The van der Waals surface area contributed by atoms with Gasteiger partial charge in [-0.1, -0.05) is 78.9 Å². The van der Waals surface area contributed by atoms with Crippen LogP contribution in [0.3, 0.4) is 0 Å². The first-order chi connectivity index (χ1) is 29.6. The number of carbonyl (C=O) groups is 4. The third kappa shape index (κ3) is 8.61. The lowest BCUT2D eigenvalue weighted by Gasteiger charge is -2.49. The van der Waals surface area contributed by atoms with Crippen LogP contribution < -0.4 is 10.6 Å². The van der Waals surface area contributed by atoms with Gasteiger partial charge in [0.1, 0.15) is 47.2 Å². The lowest BCUT2D eigenvalue weighted by Crippen LogP contribution is -2.71. The van der Waals surface area contributed by atoms with Crippen molar-refractivity contribution in [1.82, 2.24) is 15.7 Å². The Morgan fingerprint density at radius 2 is 1.69 bits per heavy atom. The molecule has 8 rings (SSSR count). The summed E-state index contributed by atoms with van der Waals surface area (Å²) >= 11 is 0. The van der Waals surface area contributed by atoms with Crippen molar-refractivity contribution in [2.24, 2.45) is 5.41 Å². The number of ether oxygens (including phenoxy) is 4. The smallest absolute Gasteiger partial charge is 0.327 e. The van der Waals surface area contributed by atoms with Crippen LogP contribution in [-0.4, -0.2) is 111 Å². The summed E-state index contributed by atoms with van der Waals surface area (Å²) in [6.07, 6.45) is 0.241. The van der Waals surface area contributed by atoms with E-state index in [1.807, 2.05) is 72.8 Å². The standard InChI is InChI=1S/C47H55N3O12/c1-27(52)37(42(55)48-33(26-51)19-20-36(54)59-45(2,3)4)49-44(57)47-24-35-38-39(61-46(60-38)22-31-15-5-6-16-32(31)23-46)41(47)62-50(40(47)43(56)58-35)25-29-13-9-11-28(21-29)12-10-17-30-14-7-8-18-34(30)53/h5-16,18,21,27,33,35,37-41,51-53H,17,19-20,22-26H2,1-4H3,(H,48,55)(H,49,57). The molecule has 9 unspecified atom stereocenters. The molecule has 3 aromatic rings. The number of hydrogen-bond acceptors (Lipinski definition) is 13. The Morgan fingerprint density at radius 1 is 0.984 bits per heavy atom. The predicted molar refractivity (Wildman–Crippen MR) is 222 cm³/mol. The second kappa shape index (κ2) is 17.2. The Bertz CT molecular complexity index is 2200. The number of aromatic hydroxyl groups is 1. The van der Waals surface area contributed by atoms with Crippen molar-refractivity contribution in [2.45, 2.75) is 133 Å². The maximum atomic E-state index is 15.1. The van der Waals surface area contributed by atoms with Crippen molar-refractivity contribution < 1.29 is 58.3 Å². The quantitative estimate of drug-likeness (QED) is 0.148. The Kier molecular flexibility index (Phi) is 12.1. The molecule has 1 saturated carbocycles. The number of aliphatic hydroxyl groups is 2. The van der Waals surface area contributed by atoms with Crippen LogP contribution in [0.15, 0.2) is 78.9 Å². The number of fused-ring (bicyclic) bond motifs is 5. The average Bonchev–Trinajstić information content (AvgIpc) is 3.89. The van der Waals surface area contributed by atoms with E-state index >= 15 is 4.79 Å². The molecule has 62 heavy (non-hydrogen) atoms. The SMILES string of the molecule is CC(O)C(NC(=O)C12CC3OC(=O)C1N(Cc1cccc(C=CCc4ccccc4O)c1)OC2C1OC2(Cc4ccccc4C2)OC31)C(=O)NC(CO)CCC(=O)OC(C)(C)C. The van der Waals surface area contributed by atoms with Gasteiger partial charge in [0, 0.05) is 25.7 Å². The Labute approximate surface area is 360 Å². The second-order valence-electron chi connectivity index (χ2n) is 18.1. The zero-order valence-corrected chi connectivity index (χ0v) is 35.3. The molecule has 4 fully saturated rings. The van der Waals surface area contributed by atoms with E-state index in [9.17, 15) is 29.7 Å². The minimum atomic E-state index is -1.66. The first-order valence-electron chi connectivity index (χ1n) is 21.3. The number of hydrogen-bond donors (Lipinski definition) is 5. The number of phenolic OH excluding ortho intramolecular Hbond substituents is 1. The summed E-state index contributed by atoms with van der Waals surface area (Å²) in [5.74, 6) is -3.58. The number of carbonyl (C=O) groups excluding carboxylic acids is 4. The highest BCUT2D eigenvalue weighted by Crippen LogP contribution is 2.58. The molecule has 330 valence electrons. The number of hydroxylamine groups is 2. The Hall–Kier alpha value is -5.16. The third-order valence-electron chi connectivity index (χ3n) is 12.4. The first-order valence-corrected chi connectivity index (χ1v) is 21.3. The summed E-state index contributed by atoms with van der Waals surface area (Å²) < 4.78 is 25.1. The number of allylic oxidation sites excluding steroid dienone is 1. The number of amides is 2. The lowest BCUT2D eigenvalue weighted by molar-refractivity contribution is -0.217. The summed E-state index contributed by atoms with van der Waals surface area (Å²) in [7, 11) is 0. The second-order valence-corrected chi connectivity index (χ2v) is 18.1. The van der Waals surface area contributed by atoms with Gasteiger partial charge in [-0.3, -0.25) is 24.0 Å². The van der Waals surface area contributed by atoms with Gasteiger partial charge in [-0.15, -0.1) is 0 Å². The van der Waals surface area contributed by atoms with Gasteiger partial charge in [0.15, 0.2) is 11.8 Å². The van der Waals surface area contributed by atoms with Crippen LogP contribution in [0.4, 0.5) is 0 Å². The zero-order valence-electron chi connectivity index (χ0n) is 35.3. The summed E-state index contributed by atoms with van der Waals surface area (Å²) in [4.78, 5) is 62.4. The maximum Gasteiger partial charge on any atom is 0.327 e. The molecule has 2 aliphatic carbocycles. The highest BCUT2D eigenvalue weighted by atomic mass is 16.8. The summed E-state index contributed by atoms with van der Waals surface area (Å²) in [6.45, 7) is 6.11. The van der Waals surface area contributed by atoms with Crippen molar-refractivity contribution in [3.8, 4) is 5.75 Å². The molecule has 2 bridgehead atoms. The molecular formula is C47H55N3O12. The maximum absolute atomic E-state index is 15.1. The minimum Gasteiger partial charge on any atom is -0.508 e. The van der Waals surface area contributed by atoms with Crippen LogP contribution in [0.1, 0.15) is 74.8 Å². The van der Waals surface area contributed by atoms with E-state index in [-0.39, 0.29) is 31.6 Å². The van der Waals surface area contributed by atoms with E-state index in [1.54, 1.807) is 32.9 Å². The molecule has 5 N–H and O–H groups in total. The number of nitrogens with one attached hydrogen (secondary N) is 2. The van der Waals surface area contributed by atoms with E-state index in [0.717, 1.165) is 27.8 Å². The van der Waals surface area contributed by atoms with E-state index in [1.165, 1.54) is 12.0 Å². The van der Waals surface area contributed by atoms with Gasteiger partial charge < -0.3 is 44.9 Å². The lowest BCUT2D eigenvalue weighted by atomic mass is 9.62. The van der Waals surface area contributed by atoms with Crippen molar-refractivity contribution in [2.75, 3.05) is 6.61 Å². The van der Waals surface area contributed by atoms with Crippen molar-refractivity contribution >= 4 is 29.8 Å². The Morgan fingerprint density at radius 3 is 2.39 bits per heavy atom. The van der Waals surface area contributed by atoms with Crippen LogP contribution in [-0.2, 0) is 68.8 Å². The topological polar surface area (TPSA) is 202 Å². The number of benzene rings is 3. The molecule has 3 aliphatic heterocycles. The van der Waals surface area contributed by atoms with Crippen LogP contribution in [0, 0.1) is 5.41 Å². The van der Waals surface area contributed by atoms with Gasteiger partial charge in [-0.2, -0.15) is 5.06 Å². The van der Waals surface area contributed by atoms with Gasteiger partial charge in [-0.05, 0) is 74.4 Å². The molecular weight excluding hydrogens is 799 g/mol. The molecule has 15 heteroatoms. The fourth-order valence-corrected chi connectivity index (χ4v) is 9.61. The fraction of sp³-hybridized carbons (Fsp3) is 0.489. The van der Waals surface area contributed by atoms with E-state index in [0.29, 0.717) is 19.3 Å². The minimum absolute atomic E-state index is 0.0115. The zero-order chi connectivity index (χ0) is 44.0. The number of phenols is 1. The van der Waals surface area contributed by atoms with E-state index in [2.05, 4.69) is 10.6 Å². The highest BCUT2D eigenvalue weighted by molar-refractivity contribution is 5.96. The molecule has 5 aliphatic rings. The summed E-state index contributed by atoms with van der Waals surface area (Å²) in [5.41, 5.74) is 2.18.